The molecule has 0 bridgehead atoms. The van der Waals surface area contributed by atoms with Crippen molar-refractivity contribution < 1.29 is 19.4 Å². The van der Waals surface area contributed by atoms with Gasteiger partial charge < -0.3 is 19.1 Å². The van der Waals surface area contributed by atoms with E-state index >= 15 is 0 Å². The first kappa shape index (κ1) is 18.5. The predicted molar refractivity (Wildman–Crippen MR) is 98.9 cm³/mol. The number of hydrogen-bond acceptors (Lipinski definition) is 6. The molecule has 0 unspecified atom stereocenters. The molecule has 4 atom stereocenters. The quantitative estimate of drug-likeness (QED) is 0.486. The first-order valence-electron chi connectivity index (χ1n) is 8.97. The molecule has 28 heavy (non-hydrogen) atoms. The SMILES string of the molecule is CN(C(=O)O)c1ncnc2c1ccn2[C@@H]1C[C@H](CN=[N+]=[N-])[C@H]2OC(C)(C)O[C@H]21. The smallest absolute Gasteiger partial charge is 0.412 e. The summed E-state index contributed by atoms with van der Waals surface area (Å²) < 4.78 is 14.2. The molecule has 0 aromatic carbocycles. The maximum atomic E-state index is 11.4. The first-order chi connectivity index (χ1) is 13.3. The Morgan fingerprint density at radius 1 is 1.46 bits per heavy atom. The van der Waals surface area contributed by atoms with Crippen LogP contribution >= 0.6 is 0 Å². The second-order valence-corrected chi connectivity index (χ2v) is 7.54. The second kappa shape index (κ2) is 6.62. The van der Waals surface area contributed by atoms with Crippen LogP contribution in [0.25, 0.3) is 21.5 Å². The number of ether oxygens (including phenoxy) is 2. The predicted octanol–water partition coefficient (Wildman–Crippen LogP) is 2.94. The van der Waals surface area contributed by atoms with Gasteiger partial charge in [0.05, 0.1) is 17.5 Å². The Kier molecular flexibility index (Phi) is 4.37. The molecular weight excluding hydrogens is 366 g/mol. The van der Waals surface area contributed by atoms with E-state index in [4.69, 9.17) is 15.0 Å². The molecule has 2 aromatic rings. The molecule has 0 radical (unpaired) electrons. The number of nitrogens with zero attached hydrogens (tertiary/aromatic N) is 7. The molecule has 148 valence electrons. The summed E-state index contributed by atoms with van der Waals surface area (Å²) in [4.78, 5) is 23.8. The highest BCUT2D eigenvalue weighted by Gasteiger charge is 2.54. The van der Waals surface area contributed by atoms with Crippen LogP contribution in [0, 0.1) is 5.92 Å². The Morgan fingerprint density at radius 2 is 2.21 bits per heavy atom. The van der Waals surface area contributed by atoms with Crippen molar-refractivity contribution in [2.75, 3.05) is 18.5 Å². The molecule has 2 fully saturated rings. The van der Waals surface area contributed by atoms with Crippen molar-refractivity contribution in [2.45, 2.75) is 44.3 Å². The van der Waals surface area contributed by atoms with Gasteiger partial charge in [0.2, 0.25) is 0 Å². The van der Waals surface area contributed by atoms with E-state index in [1.165, 1.54) is 13.4 Å². The average Bonchev–Trinajstić information content (AvgIpc) is 3.30. The summed E-state index contributed by atoms with van der Waals surface area (Å²) in [6.07, 6.45) is 2.41. The average molecular weight is 387 g/mol. The van der Waals surface area contributed by atoms with Crippen molar-refractivity contribution in [1.82, 2.24) is 14.5 Å². The number of carboxylic acid groups (broad SMARTS) is 1. The lowest BCUT2D eigenvalue weighted by Crippen LogP contribution is -2.27. The van der Waals surface area contributed by atoms with Gasteiger partial charge in [-0.2, -0.15) is 0 Å². The normalized spacial score (nSPS) is 28.1. The van der Waals surface area contributed by atoms with Crippen LogP contribution in [0.15, 0.2) is 23.7 Å². The number of azide groups is 1. The standard InChI is InChI=1S/C17H21N7O4/c1-17(2)27-12-9(7-21-22-18)6-11(13(12)28-17)24-5-4-10-14(23(3)16(25)26)19-8-20-15(10)24/h4-5,8-9,11-13H,6-7H2,1-3H3,(H,25,26)/t9-,11-,12-,13+/m1/s1. The van der Waals surface area contributed by atoms with Gasteiger partial charge in [-0.25, -0.2) is 14.8 Å². The Labute approximate surface area is 160 Å². The van der Waals surface area contributed by atoms with Gasteiger partial charge in [0.25, 0.3) is 0 Å². The third-order valence-electron chi connectivity index (χ3n) is 5.38. The zero-order chi connectivity index (χ0) is 20.1. The van der Waals surface area contributed by atoms with Crippen LogP contribution in [0.2, 0.25) is 0 Å². The number of anilines is 1. The molecule has 0 spiro atoms. The third-order valence-corrected chi connectivity index (χ3v) is 5.38. The minimum Gasteiger partial charge on any atom is -0.465 e. The molecule has 1 saturated heterocycles. The van der Waals surface area contributed by atoms with Crippen molar-refractivity contribution in [3.05, 3.63) is 29.0 Å². The molecule has 2 aromatic heterocycles. The van der Waals surface area contributed by atoms with Gasteiger partial charge >= 0.3 is 6.09 Å². The van der Waals surface area contributed by atoms with Crippen LogP contribution in [0.5, 0.6) is 0 Å². The maximum absolute atomic E-state index is 11.4. The van der Waals surface area contributed by atoms with E-state index in [9.17, 15) is 9.90 Å². The van der Waals surface area contributed by atoms with Gasteiger partial charge in [-0.1, -0.05) is 5.11 Å². The Bertz CT molecular complexity index is 968. The summed E-state index contributed by atoms with van der Waals surface area (Å²) in [6.45, 7) is 4.06. The van der Waals surface area contributed by atoms with E-state index in [-0.39, 0.29) is 24.2 Å². The van der Waals surface area contributed by atoms with Crippen molar-refractivity contribution >= 4 is 22.9 Å². The van der Waals surface area contributed by atoms with Gasteiger partial charge in [-0.15, -0.1) is 0 Å². The van der Waals surface area contributed by atoms with Crippen molar-refractivity contribution in [1.29, 1.82) is 0 Å². The van der Waals surface area contributed by atoms with Gasteiger partial charge in [0.1, 0.15) is 18.1 Å². The maximum Gasteiger partial charge on any atom is 0.412 e. The van der Waals surface area contributed by atoms with Crippen LogP contribution in [0.4, 0.5) is 10.6 Å². The van der Waals surface area contributed by atoms with Crippen LogP contribution in [-0.4, -0.2) is 57.3 Å². The highest BCUT2D eigenvalue weighted by Crippen LogP contribution is 2.48. The summed E-state index contributed by atoms with van der Waals surface area (Å²) in [5, 5.41) is 13.7. The van der Waals surface area contributed by atoms with E-state index < -0.39 is 11.9 Å². The zero-order valence-corrected chi connectivity index (χ0v) is 15.8. The Hall–Kier alpha value is -2.88. The molecule has 3 heterocycles. The number of carbonyl (C=O) groups is 1. The molecule has 11 heteroatoms. The first-order valence-corrected chi connectivity index (χ1v) is 8.97. The molecule has 1 aliphatic heterocycles. The number of amides is 1. The van der Waals surface area contributed by atoms with E-state index in [1.54, 1.807) is 6.07 Å². The van der Waals surface area contributed by atoms with Gasteiger partial charge in [-0.3, -0.25) is 4.90 Å². The highest BCUT2D eigenvalue weighted by atomic mass is 16.8. The molecular formula is C17H21N7O4. The molecule has 2 aliphatic rings. The number of aromatic nitrogens is 3. The second-order valence-electron chi connectivity index (χ2n) is 7.54. The summed E-state index contributed by atoms with van der Waals surface area (Å²) in [6, 6.07) is 1.72. The summed E-state index contributed by atoms with van der Waals surface area (Å²) in [5.74, 6) is -0.386. The Morgan fingerprint density at radius 3 is 2.93 bits per heavy atom. The molecule has 1 amide bonds. The number of hydrogen-bond donors (Lipinski definition) is 1. The summed E-state index contributed by atoms with van der Waals surface area (Å²) in [7, 11) is 1.44. The zero-order valence-electron chi connectivity index (χ0n) is 15.8. The van der Waals surface area contributed by atoms with Gasteiger partial charge in [0, 0.05) is 24.7 Å². The fraction of sp³-hybridized carbons (Fsp3) is 0.588. The van der Waals surface area contributed by atoms with Crippen LogP contribution in [0.3, 0.4) is 0 Å². The van der Waals surface area contributed by atoms with Crippen LogP contribution < -0.4 is 4.90 Å². The highest BCUT2D eigenvalue weighted by molar-refractivity contribution is 5.96. The molecule has 1 saturated carbocycles. The Balaban J connectivity index is 1.74. The van der Waals surface area contributed by atoms with E-state index in [1.807, 2.05) is 24.6 Å². The minimum atomic E-state index is -1.10. The number of rotatable bonds is 4. The van der Waals surface area contributed by atoms with Crippen LogP contribution in [-0.2, 0) is 9.47 Å². The van der Waals surface area contributed by atoms with Gasteiger partial charge in [-0.05, 0) is 37.8 Å². The van der Waals surface area contributed by atoms with Crippen LogP contribution in [0.1, 0.15) is 26.3 Å². The van der Waals surface area contributed by atoms with Crippen molar-refractivity contribution in [3.8, 4) is 0 Å². The summed E-state index contributed by atoms with van der Waals surface area (Å²) in [5.41, 5.74) is 9.32. The molecule has 4 rings (SSSR count). The third kappa shape index (κ3) is 2.93. The topological polar surface area (TPSA) is 138 Å². The van der Waals surface area contributed by atoms with Crippen molar-refractivity contribution in [2.24, 2.45) is 11.0 Å². The monoisotopic (exact) mass is 387 g/mol. The molecule has 1 aliphatic carbocycles. The van der Waals surface area contributed by atoms with Crippen molar-refractivity contribution in [3.63, 3.8) is 0 Å². The number of fused-ring (bicyclic) bond motifs is 2. The summed E-state index contributed by atoms with van der Waals surface area (Å²) >= 11 is 0. The van der Waals surface area contributed by atoms with E-state index in [0.29, 0.717) is 29.8 Å². The fourth-order valence-electron chi connectivity index (χ4n) is 4.23. The molecule has 11 nitrogen and oxygen atoms in total. The van der Waals surface area contributed by atoms with E-state index in [2.05, 4.69) is 20.0 Å². The lowest BCUT2D eigenvalue weighted by Gasteiger charge is -2.24. The van der Waals surface area contributed by atoms with Gasteiger partial charge in [0.15, 0.2) is 11.6 Å². The minimum absolute atomic E-state index is 0.0214. The fourth-order valence-corrected chi connectivity index (χ4v) is 4.23. The lowest BCUT2D eigenvalue weighted by molar-refractivity contribution is -0.159. The van der Waals surface area contributed by atoms with E-state index in [0.717, 1.165) is 4.90 Å². The molecule has 1 N–H and O–H groups in total. The largest absolute Gasteiger partial charge is 0.465 e. The lowest BCUT2D eigenvalue weighted by atomic mass is 10.1.